The summed E-state index contributed by atoms with van der Waals surface area (Å²) in [4.78, 5) is 25.4. The molecule has 23 heavy (non-hydrogen) atoms. The molecule has 0 spiro atoms. The lowest BCUT2D eigenvalue weighted by Gasteiger charge is -2.20. The largest absolute Gasteiger partial charge is 0.320 e. The number of nitro groups is 1. The lowest BCUT2D eigenvalue weighted by Crippen LogP contribution is -3.11. The Hall–Kier alpha value is -2.25. The van der Waals surface area contributed by atoms with Gasteiger partial charge >= 0.3 is 0 Å². The molecule has 1 saturated heterocycles. The number of likely N-dealkylation sites (tertiary alicyclic amines) is 1. The third-order valence-corrected chi connectivity index (χ3v) is 5.12. The number of anilines is 1. The molecular formula is C16H18N3O3S+. The van der Waals surface area contributed by atoms with Crippen LogP contribution in [0.4, 0.5) is 11.4 Å². The molecule has 0 saturated carbocycles. The Bertz CT molecular complexity index is 702. The van der Waals surface area contributed by atoms with E-state index in [0.717, 1.165) is 19.4 Å². The van der Waals surface area contributed by atoms with Crippen LogP contribution in [0, 0.1) is 10.1 Å². The summed E-state index contributed by atoms with van der Waals surface area (Å²) in [6.45, 7) is 1.28. The molecule has 0 aliphatic carbocycles. The van der Waals surface area contributed by atoms with Gasteiger partial charge in [0.2, 0.25) is 0 Å². The van der Waals surface area contributed by atoms with E-state index >= 15 is 0 Å². The lowest BCUT2D eigenvalue weighted by atomic mass is 10.2. The molecule has 1 unspecified atom stereocenters. The molecule has 6 nitrogen and oxygen atoms in total. The van der Waals surface area contributed by atoms with Crippen molar-refractivity contribution in [2.24, 2.45) is 0 Å². The second-order valence-electron chi connectivity index (χ2n) is 5.62. The molecule has 3 rings (SSSR count). The Morgan fingerprint density at radius 1 is 1.35 bits per heavy atom. The minimum absolute atomic E-state index is 0.0768. The van der Waals surface area contributed by atoms with Crippen molar-refractivity contribution in [2.45, 2.75) is 18.9 Å². The second-order valence-corrected chi connectivity index (χ2v) is 6.60. The first-order valence-corrected chi connectivity index (χ1v) is 8.44. The zero-order valence-electron chi connectivity index (χ0n) is 12.5. The smallest absolute Gasteiger partial charge is 0.292 e. The van der Waals surface area contributed by atoms with Gasteiger partial charge in [0.25, 0.3) is 11.6 Å². The molecule has 2 heterocycles. The Morgan fingerprint density at radius 3 is 2.91 bits per heavy atom. The quantitative estimate of drug-likeness (QED) is 0.649. The van der Waals surface area contributed by atoms with Crippen molar-refractivity contribution in [2.75, 3.05) is 18.4 Å². The van der Waals surface area contributed by atoms with Crippen molar-refractivity contribution < 1.29 is 14.6 Å². The van der Waals surface area contributed by atoms with Crippen LogP contribution < -0.4 is 10.2 Å². The minimum Gasteiger partial charge on any atom is -0.320 e. The van der Waals surface area contributed by atoms with Crippen LogP contribution in [0.1, 0.15) is 23.8 Å². The van der Waals surface area contributed by atoms with Gasteiger partial charge in [-0.2, -0.15) is 0 Å². The number of thiophene rings is 1. The Morgan fingerprint density at radius 2 is 2.17 bits per heavy atom. The summed E-state index contributed by atoms with van der Waals surface area (Å²) in [6.07, 6.45) is 2.17. The topological polar surface area (TPSA) is 76.7 Å². The first kappa shape index (κ1) is 15.6. The van der Waals surface area contributed by atoms with Gasteiger partial charge in [-0.1, -0.05) is 18.2 Å². The molecule has 2 atom stereocenters. The molecule has 2 N–H and O–H groups in total. The van der Waals surface area contributed by atoms with E-state index < -0.39 is 4.92 Å². The van der Waals surface area contributed by atoms with E-state index in [0.29, 0.717) is 12.6 Å². The number of carbonyl (C=O) groups is 1. The Labute approximate surface area is 137 Å². The molecule has 120 valence electrons. The minimum atomic E-state index is -0.479. The van der Waals surface area contributed by atoms with Crippen LogP contribution in [0.25, 0.3) is 0 Å². The Kier molecular flexibility index (Phi) is 4.68. The third-order valence-electron chi connectivity index (χ3n) is 4.13. The number of nitrogens with zero attached hydrogens (tertiary/aromatic N) is 1. The van der Waals surface area contributed by atoms with Crippen molar-refractivity contribution in [3.8, 4) is 0 Å². The maximum atomic E-state index is 12.3. The van der Waals surface area contributed by atoms with Gasteiger partial charge in [-0.25, -0.2) is 0 Å². The SMILES string of the molecule is O=C(C[NH+]1CCC[C@H]1c1cccs1)Nc1ccccc1[N+](=O)[O-]. The van der Waals surface area contributed by atoms with Gasteiger partial charge < -0.3 is 10.2 Å². The number of rotatable bonds is 5. The third kappa shape index (κ3) is 3.57. The van der Waals surface area contributed by atoms with Gasteiger partial charge in [0.1, 0.15) is 11.7 Å². The molecule has 1 aliphatic rings. The summed E-state index contributed by atoms with van der Waals surface area (Å²) in [5.74, 6) is -0.183. The highest BCUT2D eigenvalue weighted by atomic mass is 32.1. The van der Waals surface area contributed by atoms with E-state index in [1.807, 2.05) is 6.07 Å². The molecule has 1 fully saturated rings. The number of nitrogens with one attached hydrogen (secondary N) is 2. The normalized spacial score (nSPS) is 20.3. The van der Waals surface area contributed by atoms with E-state index in [-0.39, 0.29) is 17.3 Å². The predicted octanol–water partition coefficient (Wildman–Crippen LogP) is 2.01. The van der Waals surface area contributed by atoms with E-state index in [1.165, 1.54) is 15.8 Å². The fraction of sp³-hybridized carbons (Fsp3) is 0.312. The van der Waals surface area contributed by atoms with Crippen LogP contribution >= 0.6 is 11.3 Å². The number of amides is 1. The first-order chi connectivity index (χ1) is 11.1. The summed E-state index contributed by atoms with van der Waals surface area (Å²) in [6, 6.07) is 10.7. The van der Waals surface area contributed by atoms with E-state index in [2.05, 4.69) is 16.8 Å². The standard InChI is InChI=1S/C16H17N3O3S/c20-16(17-12-5-1-2-6-13(12)19(21)22)11-18-9-3-7-14(18)15-8-4-10-23-15/h1-2,4-6,8,10,14H,3,7,9,11H2,(H,17,20)/p+1/t14-/m0/s1. The second kappa shape index (κ2) is 6.89. The average molecular weight is 332 g/mol. The highest BCUT2D eigenvalue weighted by Crippen LogP contribution is 2.24. The van der Waals surface area contributed by atoms with Gasteiger partial charge in [0, 0.05) is 18.9 Å². The summed E-state index contributed by atoms with van der Waals surface area (Å²) in [5.41, 5.74) is 0.181. The number of carbonyl (C=O) groups excluding carboxylic acids is 1. The maximum absolute atomic E-state index is 12.3. The van der Waals surface area contributed by atoms with E-state index in [4.69, 9.17) is 0 Å². The molecule has 1 aromatic carbocycles. The van der Waals surface area contributed by atoms with Crippen LogP contribution in [0.3, 0.4) is 0 Å². The molecular weight excluding hydrogens is 314 g/mol. The number of benzene rings is 1. The monoisotopic (exact) mass is 332 g/mol. The Balaban J connectivity index is 1.67. The van der Waals surface area contributed by atoms with Crippen LogP contribution in [0.2, 0.25) is 0 Å². The molecule has 1 aliphatic heterocycles. The molecule has 1 amide bonds. The summed E-state index contributed by atoms with van der Waals surface area (Å²) in [7, 11) is 0. The van der Waals surface area contributed by atoms with Gasteiger partial charge in [-0.05, 0) is 17.5 Å². The van der Waals surface area contributed by atoms with Gasteiger partial charge in [-0.3, -0.25) is 14.9 Å². The highest BCUT2D eigenvalue weighted by molar-refractivity contribution is 7.10. The zero-order chi connectivity index (χ0) is 16.2. The zero-order valence-corrected chi connectivity index (χ0v) is 13.3. The fourth-order valence-electron chi connectivity index (χ4n) is 3.10. The number of nitro benzene ring substituents is 1. The lowest BCUT2D eigenvalue weighted by molar-refractivity contribution is -0.910. The van der Waals surface area contributed by atoms with Crippen LogP contribution in [0.5, 0.6) is 0 Å². The van der Waals surface area contributed by atoms with Crippen molar-refractivity contribution in [3.05, 3.63) is 56.8 Å². The van der Waals surface area contributed by atoms with Crippen LogP contribution in [-0.4, -0.2) is 23.9 Å². The summed E-state index contributed by atoms with van der Waals surface area (Å²) >= 11 is 1.72. The molecule has 0 radical (unpaired) electrons. The molecule has 7 heteroatoms. The summed E-state index contributed by atoms with van der Waals surface area (Å²) in [5, 5.41) is 15.7. The van der Waals surface area contributed by atoms with Crippen molar-refractivity contribution in [1.82, 2.24) is 0 Å². The first-order valence-electron chi connectivity index (χ1n) is 7.56. The van der Waals surface area contributed by atoms with Gasteiger partial charge in [0.15, 0.2) is 6.54 Å². The molecule has 0 bridgehead atoms. The maximum Gasteiger partial charge on any atom is 0.292 e. The van der Waals surface area contributed by atoms with Gasteiger partial charge in [-0.15, -0.1) is 11.3 Å². The van der Waals surface area contributed by atoms with Crippen molar-refractivity contribution in [1.29, 1.82) is 0 Å². The van der Waals surface area contributed by atoms with E-state index in [1.54, 1.807) is 29.5 Å². The number of hydrogen-bond donors (Lipinski definition) is 2. The molecule has 2 aromatic rings. The highest BCUT2D eigenvalue weighted by Gasteiger charge is 2.32. The number of para-hydroxylation sites is 2. The van der Waals surface area contributed by atoms with Crippen LogP contribution in [0.15, 0.2) is 41.8 Å². The van der Waals surface area contributed by atoms with Crippen molar-refractivity contribution >= 4 is 28.6 Å². The predicted molar refractivity (Wildman–Crippen MR) is 88.7 cm³/mol. The average Bonchev–Trinajstić information content (AvgIpc) is 3.18. The number of quaternary nitrogens is 1. The fourth-order valence-corrected chi connectivity index (χ4v) is 4.02. The van der Waals surface area contributed by atoms with Crippen molar-refractivity contribution in [3.63, 3.8) is 0 Å². The summed E-state index contributed by atoms with van der Waals surface area (Å²) < 4.78 is 0. The van der Waals surface area contributed by atoms with E-state index in [9.17, 15) is 14.9 Å². The molecule has 1 aromatic heterocycles. The number of hydrogen-bond acceptors (Lipinski definition) is 4. The van der Waals surface area contributed by atoms with Gasteiger partial charge in [0.05, 0.1) is 16.3 Å². The van der Waals surface area contributed by atoms with Crippen LogP contribution in [-0.2, 0) is 4.79 Å².